The van der Waals surface area contributed by atoms with Crippen molar-refractivity contribution in [1.82, 2.24) is 10.2 Å². The highest BCUT2D eigenvalue weighted by Gasteiger charge is 2.37. The Balaban J connectivity index is 1.99. The van der Waals surface area contributed by atoms with Crippen LogP contribution in [0.5, 0.6) is 17.4 Å². The van der Waals surface area contributed by atoms with Gasteiger partial charge in [-0.15, -0.1) is 16.4 Å². The van der Waals surface area contributed by atoms with Crippen molar-refractivity contribution in [3.8, 4) is 34.0 Å². The maximum Gasteiger partial charge on any atom is 0.244 e. The number of nitrogens with one attached hydrogen (secondary N) is 1. The van der Waals surface area contributed by atoms with Crippen LogP contribution in [0.4, 0.5) is 0 Å². The van der Waals surface area contributed by atoms with E-state index in [9.17, 15) is 5.26 Å². The van der Waals surface area contributed by atoms with Crippen molar-refractivity contribution in [3.63, 3.8) is 0 Å². The van der Waals surface area contributed by atoms with Crippen LogP contribution in [0.2, 0.25) is 0 Å². The van der Waals surface area contributed by atoms with E-state index in [0.29, 0.717) is 23.0 Å². The van der Waals surface area contributed by atoms with Gasteiger partial charge in [0.15, 0.2) is 11.5 Å². The summed E-state index contributed by atoms with van der Waals surface area (Å²) in [5, 5.41) is 19.1. The van der Waals surface area contributed by atoms with Crippen molar-refractivity contribution < 1.29 is 14.2 Å². The van der Waals surface area contributed by atoms with Gasteiger partial charge < -0.3 is 19.9 Å². The number of hydrogen-bond acceptors (Lipinski definition) is 7. The number of nitrogens with zero attached hydrogens (tertiary/aromatic N) is 2. The molecular formula is C19H15BrN4O3S. The van der Waals surface area contributed by atoms with Crippen LogP contribution in [0, 0.1) is 11.3 Å². The summed E-state index contributed by atoms with van der Waals surface area (Å²) >= 11 is 5.16. The summed E-state index contributed by atoms with van der Waals surface area (Å²) in [4.78, 5) is 0.983. The molecule has 28 heavy (non-hydrogen) atoms. The van der Waals surface area contributed by atoms with Gasteiger partial charge in [-0.25, -0.2) is 0 Å². The number of halogens is 1. The lowest BCUT2D eigenvalue weighted by atomic mass is 9.83. The van der Waals surface area contributed by atoms with Crippen molar-refractivity contribution in [1.29, 1.82) is 5.26 Å². The van der Waals surface area contributed by atoms with Crippen LogP contribution in [0.25, 0.3) is 10.6 Å². The maximum absolute atomic E-state index is 9.83. The molecule has 4 rings (SSSR count). The molecule has 0 bridgehead atoms. The summed E-state index contributed by atoms with van der Waals surface area (Å²) < 4.78 is 17.2. The van der Waals surface area contributed by atoms with Crippen LogP contribution < -0.4 is 19.9 Å². The first kappa shape index (κ1) is 18.4. The van der Waals surface area contributed by atoms with E-state index in [0.717, 1.165) is 26.2 Å². The lowest BCUT2D eigenvalue weighted by Gasteiger charge is -2.25. The van der Waals surface area contributed by atoms with E-state index < -0.39 is 5.92 Å². The third-order valence-corrected chi connectivity index (χ3v) is 6.09. The van der Waals surface area contributed by atoms with Gasteiger partial charge in [-0.2, -0.15) is 5.26 Å². The Morgan fingerprint density at radius 3 is 2.71 bits per heavy atom. The normalized spacial score (nSPS) is 15.6. The van der Waals surface area contributed by atoms with E-state index in [1.54, 1.807) is 31.6 Å². The molecule has 3 aromatic rings. The summed E-state index contributed by atoms with van der Waals surface area (Å²) in [5.74, 6) is 1.02. The fraction of sp³-hybridized carbons (Fsp3) is 0.158. The topological polar surface area (TPSA) is 106 Å². The molecule has 0 aliphatic carbocycles. The number of benzene rings is 1. The number of ether oxygens (including phenoxy) is 3. The van der Waals surface area contributed by atoms with E-state index in [1.165, 1.54) is 0 Å². The molecule has 0 spiro atoms. The zero-order valence-corrected chi connectivity index (χ0v) is 17.3. The summed E-state index contributed by atoms with van der Waals surface area (Å²) in [6, 6.07) is 9.77. The number of H-pyrrole nitrogens is 1. The molecule has 1 aliphatic rings. The first-order valence-electron chi connectivity index (χ1n) is 8.20. The molecule has 142 valence electrons. The lowest BCUT2D eigenvalue weighted by molar-refractivity contribution is 0.353. The molecule has 0 amide bonds. The molecule has 1 atom stereocenters. The second kappa shape index (κ2) is 7.22. The monoisotopic (exact) mass is 458 g/mol. The molecule has 3 heterocycles. The second-order valence-corrected chi connectivity index (χ2v) is 7.75. The van der Waals surface area contributed by atoms with Gasteiger partial charge in [0.2, 0.25) is 11.8 Å². The Hall–Kier alpha value is -2.96. The van der Waals surface area contributed by atoms with Crippen molar-refractivity contribution in [2.75, 3.05) is 14.2 Å². The van der Waals surface area contributed by atoms with Crippen LogP contribution in [0.3, 0.4) is 0 Å². The minimum absolute atomic E-state index is 0.0333. The number of fused-ring (bicyclic) bond motifs is 1. The quantitative estimate of drug-likeness (QED) is 0.608. The SMILES string of the molecule is COc1cc(Br)c([C@H]2C(C#N)=C(N)Oc3n[nH]c(-c4cccs4)c32)cc1OC. The Bertz CT molecular complexity index is 1120. The fourth-order valence-electron chi connectivity index (χ4n) is 3.26. The molecular weight excluding hydrogens is 444 g/mol. The molecule has 0 radical (unpaired) electrons. The van der Waals surface area contributed by atoms with Crippen LogP contribution in [0.15, 0.2) is 45.6 Å². The summed E-state index contributed by atoms with van der Waals surface area (Å²) in [6.07, 6.45) is 0. The predicted molar refractivity (Wildman–Crippen MR) is 108 cm³/mol. The van der Waals surface area contributed by atoms with Crippen molar-refractivity contribution in [2.24, 2.45) is 5.73 Å². The number of methoxy groups -OCH3 is 2. The standard InChI is InChI=1S/C19H15BrN4O3S/c1-25-12-6-9(11(20)7-13(12)26-2)15-10(8-21)18(22)27-19-16(15)17(23-24-19)14-4-3-5-28-14/h3-7,15H,22H2,1-2H3,(H,23,24)/t15-/m0/s1. The Morgan fingerprint density at radius 2 is 2.07 bits per heavy atom. The van der Waals surface area contributed by atoms with Gasteiger partial charge >= 0.3 is 0 Å². The van der Waals surface area contributed by atoms with Gasteiger partial charge in [0.25, 0.3) is 0 Å². The Morgan fingerprint density at radius 1 is 1.32 bits per heavy atom. The maximum atomic E-state index is 9.83. The third kappa shape index (κ3) is 2.82. The number of thiophene rings is 1. The minimum atomic E-state index is -0.487. The van der Waals surface area contributed by atoms with Crippen LogP contribution in [0.1, 0.15) is 17.0 Å². The molecule has 0 fully saturated rings. The summed E-state index contributed by atoms with van der Waals surface area (Å²) in [6.45, 7) is 0. The molecule has 2 aromatic heterocycles. The van der Waals surface area contributed by atoms with Gasteiger partial charge in [0.1, 0.15) is 11.6 Å². The van der Waals surface area contributed by atoms with Gasteiger partial charge in [-0.3, -0.25) is 5.10 Å². The highest BCUT2D eigenvalue weighted by molar-refractivity contribution is 9.10. The van der Waals surface area contributed by atoms with Crippen molar-refractivity contribution in [3.05, 3.63) is 56.7 Å². The second-order valence-electron chi connectivity index (χ2n) is 5.95. The number of nitriles is 1. The molecule has 0 unspecified atom stereocenters. The molecule has 7 nitrogen and oxygen atoms in total. The number of rotatable bonds is 4. The summed E-state index contributed by atoms with van der Waals surface area (Å²) in [7, 11) is 3.13. The van der Waals surface area contributed by atoms with E-state index in [2.05, 4.69) is 32.2 Å². The zero-order chi connectivity index (χ0) is 19.8. The molecule has 3 N–H and O–H groups in total. The molecule has 0 saturated heterocycles. The van der Waals surface area contributed by atoms with Gasteiger partial charge in [-0.05, 0) is 29.1 Å². The predicted octanol–water partition coefficient (Wildman–Crippen LogP) is 4.14. The van der Waals surface area contributed by atoms with E-state index in [4.69, 9.17) is 19.9 Å². The molecule has 1 aromatic carbocycles. The van der Waals surface area contributed by atoms with E-state index >= 15 is 0 Å². The first-order chi connectivity index (χ1) is 13.6. The lowest BCUT2D eigenvalue weighted by Crippen LogP contribution is -2.21. The zero-order valence-electron chi connectivity index (χ0n) is 14.9. The third-order valence-electron chi connectivity index (χ3n) is 4.52. The average molecular weight is 459 g/mol. The van der Waals surface area contributed by atoms with Crippen molar-refractivity contribution >= 4 is 27.3 Å². The van der Waals surface area contributed by atoms with Crippen molar-refractivity contribution in [2.45, 2.75) is 5.92 Å². The van der Waals surface area contributed by atoms with E-state index in [1.807, 2.05) is 23.6 Å². The average Bonchev–Trinajstić information content (AvgIpc) is 3.36. The van der Waals surface area contributed by atoms with Crippen LogP contribution in [-0.2, 0) is 0 Å². The Kier molecular flexibility index (Phi) is 4.75. The minimum Gasteiger partial charge on any atom is -0.493 e. The number of allylic oxidation sites excluding steroid dienone is 1. The first-order valence-corrected chi connectivity index (χ1v) is 9.87. The smallest absolute Gasteiger partial charge is 0.244 e. The fourth-order valence-corrected chi connectivity index (χ4v) is 4.54. The summed E-state index contributed by atoms with van der Waals surface area (Å²) in [5.41, 5.74) is 8.69. The van der Waals surface area contributed by atoms with Gasteiger partial charge in [0, 0.05) is 4.47 Å². The number of aromatic nitrogens is 2. The van der Waals surface area contributed by atoms with Crippen LogP contribution in [-0.4, -0.2) is 24.4 Å². The molecule has 9 heteroatoms. The number of nitrogens with two attached hydrogens (primary N) is 1. The molecule has 0 saturated carbocycles. The van der Waals surface area contributed by atoms with Gasteiger partial charge in [0.05, 0.1) is 36.3 Å². The Labute approximate surface area is 173 Å². The number of aromatic amines is 1. The molecule has 1 aliphatic heterocycles. The highest BCUT2D eigenvalue weighted by Crippen LogP contribution is 2.49. The van der Waals surface area contributed by atoms with Crippen LogP contribution >= 0.6 is 27.3 Å². The number of hydrogen-bond donors (Lipinski definition) is 2. The van der Waals surface area contributed by atoms with E-state index in [-0.39, 0.29) is 5.88 Å². The van der Waals surface area contributed by atoms with Gasteiger partial charge in [-0.1, -0.05) is 22.0 Å². The highest BCUT2D eigenvalue weighted by atomic mass is 79.9. The largest absolute Gasteiger partial charge is 0.493 e.